The van der Waals surface area contributed by atoms with Crippen LogP contribution in [0.4, 0.5) is 5.69 Å². The van der Waals surface area contributed by atoms with E-state index in [0.29, 0.717) is 0 Å². The summed E-state index contributed by atoms with van der Waals surface area (Å²) in [6.07, 6.45) is 5.10. The van der Waals surface area contributed by atoms with Crippen molar-refractivity contribution in [2.45, 2.75) is 32.6 Å². The topological polar surface area (TPSA) is 24.9 Å². The van der Waals surface area contributed by atoms with Crippen LogP contribution in [0, 0.1) is 12.3 Å². The summed E-state index contributed by atoms with van der Waals surface area (Å²) in [7, 11) is 0. The molecule has 20 heavy (non-hydrogen) atoms. The maximum atomic E-state index is 6.23. The van der Waals surface area contributed by atoms with Gasteiger partial charge in [-0.2, -0.15) is 0 Å². The van der Waals surface area contributed by atoms with Crippen LogP contribution in [0.15, 0.2) is 30.3 Å². The minimum Gasteiger partial charge on any atom is -0.384 e. The quantitative estimate of drug-likeness (QED) is 0.821. The van der Waals surface area contributed by atoms with Crippen molar-refractivity contribution in [3.8, 4) is 0 Å². The number of nitrogens with one attached hydrogen (secondary N) is 1. The zero-order valence-electron chi connectivity index (χ0n) is 12.0. The van der Waals surface area contributed by atoms with Crippen LogP contribution in [0.3, 0.4) is 0 Å². The number of pyridine rings is 1. The molecule has 0 saturated heterocycles. The third-order valence-corrected chi connectivity index (χ3v) is 5.01. The molecule has 1 saturated carbocycles. The van der Waals surface area contributed by atoms with Crippen LogP contribution in [0.1, 0.15) is 31.4 Å². The Morgan fingerprint density at radius 3 is 2.75 bits per heavy atom. The van der Waals surface area contributed by atoms with E-state index in [9.17, 15) is 0 Å². The number of fused-ring (bicyclic) bond motifs is 1. The van der Waals surface area contributed by atoms with E-state index >= 15 is 0 Å². The molecule has 1 fully saturated rings. The number of rotatable bonds is 4. The summed E-state index contributed by atoms with van der Waals surface area (Å²) in [4.78, 5) is 4.59. The Kier molecular flexibility index (Phi) is 3.84. The molecule has 0 spiro atoms. The minimum atomic E-state index is 0.278. The molecule has 3 heteroatoms. The van der Waals surface area contributed by atoms with Gasteiger partial charge in [-0.15, -0.1) is 11.6 Å². The van der Waals surface area contributed by atoms with Gasteiger partial charge in [0.1, 0.15) is 0 Å². The van der Waals surface area contributed by atoms with Crippen LogP contribution in [0.5, 0.6) is 0 Å². The van der Waals surface area contributed by atoms with Crippen LogP contribution in [0.2, 0.25) is 0 Å². The highest BCUT2D eigenvalue weighted by molar-refractivity contribution is 6.18. The van der Waals surface area contributed by atoms with Gasteiger partial charge >= 0.3 is 0 Å². The SMILES string of the molecule is Cc1cc(NCC2(CCl)CCCC2)c2ccccc2n1. The standard InChI is InChI=1S/C17H21ClN2/c1-13-10-16(14-6-2-3-7-15(14)20-13)19-12-17(11-18)8-4-5-9-17/h2-3,6-7,10H,4-5,8-9,11-12H2,1H3,(H,19,20). The number of nitrogens with zero attached hydrogens (tertiary/aromatic N) is 1. The highest BCUT2D eigenvalue weighted by atomic mass is 35.5. The molecule has 1 aromatic heterocycles. The van der Waals surface area contributed by atoms with Crippen LogP contribution in [-0.4, -0.2) is 17.4 Å². The summed E-state index contributed by atoms with van der Waals surface area (Å²) in [6, 6.07) is 10.4. The summed E-state index contributed by atoms with van der Waals surface area (Å²) in [5, 5.41) is 4.83. The lowest BCUT2D eigenvalue weighted by molar-refractivity contribution is 0.368. The lowest BCUT2D eigenvalue weighted by Gasteiger charge is -2.27. The molecule has 1 aromatic carbocycles. The van der Waals surface area contributed by atoms with Gasteiger partial charge < -0.3 is 5.32 Å². The number of hydrogen-bond donors (Lipinski definition) is 1. The summed E-state index contributed by atoms with van der Waals surface area (Å²) in [5.41, 5.74) is 3.57. The second-order valence-electron chi connectivity index (χ2n) is 6.02. The zero-order valence-corrected chi connectivity index (χ0v) is 12.7. The van der Waals surface area contributed by atoms with Gasteiger partial charge in [0.15, 0.2) is 0 Å². The molecular formula is C17H21ClN2. The van der Waals surface area contributed by atoms with Gasteiger partial charge in [0, 0.05) is 34.6 Å². The van der Waals surface area contributed by atoms with Crippen molar-refractivity contribution >= 4 is 28.2 Å². The average Bonchev–Trinajstić information content (AvgIpc) is 2.94. The molecular weight excluding hydrogens is 268 g/mol. The molecule has 0 unspecified atom stereocenters. The molecule has 0 amide bonds. The molecule has 3 rings (SSSR count). The fourth-order valence-corrected chi connectivity index (χ4v) is 3.58. The smallest absolute Gasteiger partial charge is 0.0725 e. The van der Waals surface area contributed by atoms with E-state index in [2.05, 4.69) is 34.6 Å². The third kappa shape index (κ3) is 2.62. The molecule has 1 heterocycles. The maximum absolute atomic E-state index is 6.23. The van der Waals surface area contributed by atoms with Gasteiger partial charge in [-0.1, -0.05) is 31.0 Å². The van der Waals surface area contributed by atoms with Gasteiger partial charge in [-0.05, 0) is 31.9 Å². The number of alkyl halides is 1. The lowest BCUT2D eigenvalue weighted by Crippen LogP contribution is -2.28. The Morgan fingerprint density at radius 2 is 2.00 bits per heavy atom. The normalized spacial score (nSPS) is 17.5. The predicted octanol–water partition coefficient (Wildman–Crippen LogP) is 4.75. The molecule has 2 aromatic rings. The van der Waals surface area contributed by atoms with E-state index in [1.165, 1.54) is 36.8 Å². The first-order valence-electron chi connectivity index (χ1n) is 7.39. The van der Waals surface area contributed by atoms with Gasteiger partial charge in [0.25, 0.3) is 0 Å². The molecule has 1 N–H and O–H groups in total. The first kappa shape index (κ1) is 13.7. The Hall–Kier alpha value is -1.28. The predicted molar refractivity (Wildman–Crippen MR) is 86.6 cm³/mol. The van der Waals surface area contributed by atoms with Crippen LogP contribution in [-0.2, 0) is 0 Å². The Morgan fingerprint density at radius 1 is 1.25 bits per heavy atom. The molecule has 0 bridgehead atoms. The van der Waals surface area contributed by atoms with Crippen molar-refractivity contribution in [1.82, 2.24) is 4.98 Å². The van der Waals surface area contributed by atoms with Gasteiger partial charge in [-0.25, -0.2) is 0 Å². The summed E-state index contributed by atoms with van der Waals surface area (Å²) in [5.74, 6) is 0.752. The molecule has 106 valence electrons. The highest BCUT2D eigenvalue weighted by Crippen LogP contribution is 2.39. The Balaban J connectivity index is 1.87. The first-order valence-corrected chi connectivity index (χ1v) is 7.92. The number of aryl methyl sites for hydroxylation is 1. The van der Waals surface area contributed by atoms with Crippen molar-refractivity contribution in [3.05, 3.63) is 36.0 Å². The largest absolute Gasteiger partial charge is 0.384 e. The third-order valence-electron chi connectivity index (χ3n) is 4.45. The Bertz CT molecular complexity index is 603. The van der Waals surface area contributed by atoms with Crippen molar-refractivity contribution < 1.29 is 0 Å². The molecule has 0 radical (unpaired) electrons. The van der Waals surface area contributed by atoms with Crippen LogP contribution in [0.25, 0.3) is 10.9 Å². The van der Waals surface area contributed by atoms with Crippen molar-refractivity contribution in [3.63, 3.8) is 0 Å². The average molecular weight is 289 g/mol. The summed E-state index contributed by atoms with van der Waals surface area (Å²) >= 11 is 6.23. The van der Waals surface area contributed by atoms with Crippen molar-refractivity contribution in [2.24, 2.45) is 5.41 Å². The van der Waals surface area contributed by atoms with E-state index in [1.807, 2.05) is 13.0 Å². The second-order valence-corrected chi connectivity index (χ2v) is 6.29. The number of anilines is 1. The van der Waals surface area contributed by atoms with E-state index in [4.69, 9.17) is 11.6 Å². The number of para-hydroxylation sites is 1. The highest BCUT2D eigenvalue weighted by Gasteiger charge is 2.32. The van der Waals surface area contributed by atoms with Gasteiger partial charge in [0.05, 0.1) is 5.52 Å². The van der Waals surface area contributed by atoms with Crippen molar-refractivity contribution in [2.75, 3.05) is 17.7 Å². The summed E-state index contributed by atoms with van der Waals surface area (Å²) in [6.45, 7) is 3.01. The lowest BCUT2D eigenvalue weighted by atomic mass is 9.88. The summed E-state index contributed by atoms with van der Waals surface area (Å²) < 4.78 is 0. The Labute approximate surface area is 125 Å². The first-order chi connectivity index (χ1) is 9.72. The molecule has 0 atom stereocenters. The van der Waals surface area contributed by atoms with Gasteiger partial charge in [-0.3, -0.25) is 4.98 Å². The molecule has 0 aliphatic heterocycles. The fourth-order valence-electron chi connectivity index (χ4n) is 3.22. The van der Waals surface area contributed by atoms with E-state index < -0.39 is 0 Å². The maximum Gasteiger partial charge on any atom is 0.0725 e. The van der Waals surface area contributed by atoms with Crippen LogP contribution >= 0.6 is 11.6 Å². The van der Waals surface area contributed by atoms with E-state index in [0.717, 1.165) is 23.6 Å². The monoisotopic (exact) mass is 288 g/mol. The second kappa shape index (κ2) is 5.61. The fraction of sp³-hybridized carbons (Fsp3) is 0.471. The van der Waals surface area contributed by atoms with Crippen molar-refractivity contribution in [1.29, 1.82) is 0 Å². The van der Waals surface area contributed by atoms with Gasteiger partial charge in [0.2, 0.25) is 0 Å². The minimum absolute atomic E-state index is 0.278. The number of hydrogen-bond acceptors (Lipinski definition) is 2. The molecule has 1 aliphatic rings. The molecule has 1 aliphatic carbocycles. The number of aromatic nitrogens is 1. The zero-order chi connectivity index (χ0) is 14.0. The number of halogens is 1. The number of benzene rings is 1. The van der Waals surface area contributed by atoms with E-state index in [1.54, 1.807) is 0 Å². The van der Waals surface area contributed by atoms with E-state index in [-0.39, 0.29) is 5.41 Å². The molecule has 2 nitrogen and oxygen atoms in total. The van der Waals surface area contributed by atoms with Crippen LogP contribution < -0.4 is 5.32 Å².